The maximum Gasteiger partial charge on any atom is 0.414 e. The predicted molar refractivity (Wildman–Crippen MR) is 126 cm³/mol. The van der Waals surface area contributed by atoms with E-state index in [1.54, 1.807) is 23.1 Å². The Labute approximate surface area is 207 Å². The van der Waals surface area contributed by atoms with E-state index in [0.29, 0.717) is 0 Å². The molecule has 190 valence electrons. The van der Waals surface area contributed by atoms with Gasteiger partial charge in [0.25, 0.3) is 0 Å². The van der Waals surface area contributed by atoms with Crippen LogP contribution in [0.4, 0.5) is 20.6 Å². The average molecular weight is 518 g/mol. The van der Waals surface area contributed by atoms with Crippen molar-refractivity contribution in [3.05, 3.63) is 59.1 Å². The van der Waals surface area contributed by atoms with Crippen LogP contribution in [-0.2, 0) is 19.6 Å². The Kier molecular flexibility index (Phi) is 7.23. The van der Waals surface area contributed by atoms with Crippen molar-refractivity contribution in [2.24, 2.45) is 0 Å². The molecule has 2 saturated heterocycles. The molecular weight excluding hydrogens is 493 g/mol. The number of hydrogen-bond donors (Lipinski definition) is 1. The van der Waals surface area contributed by atoms with Crippen LogP contribution in [0, 0.1) is 22.4 Å². The molecule has 2 aliphatic heterocycles. The Bertz CT molecular complexity index is 1320. The number of nitrogens with zero attached hydrogens (tertiary/aromatic N) is 4. The summed E-state index contributed by atoms with van der Waals surface area (Å²) in [7, 11) is -3.88. The van der Waals surface area contributed by atoms with Gasteiger partial charge in [0, 0.05) is 26.2 Å². The molecule has 4 rings (SSSR count). The standard InChI is InChI=1S/C23H24FN5O6S/c1-16(30)29(32)15-19-14-28(23(31)35-19)18-6-7-21(20(24)12-18)26-8-10-27(11-9-26)36(33,34)22-5-3-2-4-17(22)13-25/h2-7,12,19,29H,8-11,14-15H2,1H3/t19-/m0/s1. The zero-order valence-electron chi connectivity index (χ0n) is 19.4. The van der Waals surface area contributed by atoms with Crippen LogP contribution in [0.2, 0.25) is 0 Å². The van der Waals surface area contributed by atoms with Crippen LogP contribution in [0.3, 0.4) is 0 Å². The van der Waals surface area contributed by atoms with E-state index in [9.17, 15) is 28.5 Å². The molecule has 0 bridgehead atoms. The lowest BCUT2D eigenvalue weighted by atomic mass is 10.2. The van der Waals surface area contributed by atoms with Crippen LogP contribution >= 0.6 is 0 Å². The fraction of sp³-hybridized carbons (Fsp3) is 0.348. The molecule has 0 radical (unpaired) electrons. The number of nitrogens with one attached hydrogen (secondary N) is 1. The van der Waals surface area contributed by atoms with Gasteiger partial charge in [-0.2, -0.15) is 9.57 Å². The van der Waals surface area contributed by atoms with Crippen LogP contribution in [0.25, 0.3) is 0 Å². The lowest BCUT2D eigenvalue weighted by molar-refractivity contribution is -0.768. The van der Waals surface area contributed by atoms with Gasteiger partial charge in [-0.25, -0.2) is 22.4 Å². The van der Waals surface area contributed by atoms with Gasteiger partial charge in [-0.15, -0.1) is 0 Å². The van der Waals surface area contributed by atoms with Gasteiger partial charge >= 0.3 is 12.0 Å². The van der Waals surface area contributed by atoms with Crippen molar-refractivity contribution in [2.75, 3.05) is 49.1 Å². The number of quaternary nitrogens is 1. The van der Waals surface area contributed by atoms with E-state index in [0.717, 1.165) is 6.92 Å². The molecule has 2 aromatic carbocycles. The molecule has 2 heterocycles. The summed E-state index contributed by atoms with van der Waals surface area (Å²) in [5.74, 6) is -1.23. The first-order valence-electron chi connectivity index (χ1n) is 11.2. The van der Waals surface area contributed by atoms with Crippen molar-refractivity contribution >= 4 is 33.4 Å². The van der Waals surface area contributed by atoms with E-state index < -0.39 is 39.0 Å². The number of amides is 2. The van der Waals surface area contributed by atoms with Crippen molar-refractivity contribution < 1.29 is 32.2 Å². The smallest absolute Gasteiger partial charge is 0.414 e. The second-order valence-electron chi connectivity index (χ2n) is 8.43. The molecule has 0 aliphatic carbocycles. The zero-order valence-corrected chi connectivity index (χ0v) is 20.2. The molecule has 13 heteroatoms. The fourth-order valence-electron chi connectivity index (χ4n) is 4.20. The predicted octanol–water partition coefficient (Wildman–Crippen LogP) is 0.463. The van der Waals surface area contributed by atoms with Crippen LogP contribution in [0.15, 0.2) is 47.4 Å². The minimum absolute atomic E-state index is 0.0113. The maximum absolute atomic E-state index is 15.0. The number of cyclic esters (lactones) is 1. The Hall–Kier alpha value is -3.57. The van der Waals surface area contributed by atoms with Crippen LogP contribution in [0.1, 0.15) is 12.5 Å². The molecule has 2 aromatic rings. The number of hydroxylamine groups is 2. The molecule has 1 unspecified atom stereocenters. The van der Waals surface area contributed by atoms with Gasteiger partial charge in [-0.05, 0) is 30.3 Å². The van der Waals surface area contributed by atoms with Gasteiger partial charge in [0.2, 0.25) is 10.0 Å². The monoisotopic (exact) mass is 517 g/mol. The van der Waals surface area contributed by atoms with Crippen molar-refractivity contribution in [3.63, 3.8) is 0 Å². The van der Waals surface area contributed by atoms with E-state index in [2.05, 4.69) is 0 Å². The van der Waals surface area contributed by atoms with E-state index in [4.69, 9.17) is 4.74 Å². The second-order valence-corrected chi connectivity index (χ2v) is 10.3. The van der Waals surface area contributed by atoms with Gasteiger partial charge < -0.3 is 19.9 Å². The van der Waals surface area contributed by atoms with E-state index in [1.165, 1.54) is 33.5 Å². The minimum Gasteiger partial charge on any atom is -0.627 e. The van der Waals surface area contributed by atoms with Gasteiger partial charge in [0.05, 0.1) is 35.3 Å². The highest BCUT2D eigenvalue weighted by Crippen LogP contribution is 2.29. The number of piperazine rings is 1. The normalized spacial score (nSPS) is 19.6. The third-order valence-corrected chi connectivity index (χ3v) is 8.08. The molecule has 36 heavy (non-hydrogen) atoms. The highest BCUT2D eigenvalue weighted by Gasteiger charge is 2.35. The van der Waals surface area contributed by atoms with Gasteiger partial charge in [-0.1, -0.05) is 12.1 Å². The summed E-state index contributed by atoms with van der Waals surface area (Å²) in [5.41, 5.74) is 0.562. The molecule has 0 spiro atoms. The third kappa shape index (κ3) is 5.02. The number of sulfonamides is 1. The van der Waals surface area contributed by atoms with Gasteiger partial charge in [0.1, 0.15) is 18.4 Å². The van der Waals surface area contributed by atoms with Crippen molar-refractivity contribution in [1.82, 2.24) is 4.31 Å². The summed E-state index contributed by atoms with van der Waals surface area (Å²) >= 11 is 0. The highest BCUT2D eigenvalue weighted by atomic mass is 32.2. The highest BCUT2D eigenvalue weighted by molar-refractivity contribution is 7.89. The first kappa shape index (κ1) is 25.5. The van der Waals surface area contributed by atoms with Crippen molar-refractivity contribution in [3.8, 4) is 6.07 Å². The van der Waals surface area contributed by atoms with Gasteiger partial charge in [-0.3, -0.25) is 4.90 Å². The quantitative estimate of drug-likeness (QED) is 0.546. The Morgan fingerprint density at radius 1 is 1.22 bits per heavy atom. The van der Waals surface area contributed by atoms with E-state index in [-0.39, 0.29) is 61.1 Å². The summed E-state index contributed by atoms with van der Waals surface area (Å²) < 4.78 is 47.5. The Morgan fingerprint density at radius 3 is 2.56 bits per heavy atom. The second kappa shape index (κ2) is 10.2. The number of anilines is 2. The average Bonchev–Trinajstić information content (AvgIpc) is 3.23. The minimum atomic E-state index is -3.88. The number of carbonyl (C=O) groups excluding carboxylic acids is 2. The van der Waals surface area contributed by atoms with E-state index in [1.807, 2.05) is 6.07 Å². The number of benzene rings is 2. The molecule has 0 saturated carbocycles. The molecule has 2 aliphatic rings. The van der Waals surface area contributed by atoms with Crippen LogP contribution in [0.5, 0.6) is 0 Å². The molecule has 2 atom stereocenters. The van der Waals surface area contributed by atoms with Crippen molar-refractivity contribution in [2.45, 2.75) is 17.9 Å². The van der Waals surface area contributed by atoms with Crippen molar-refractivity contribution in [1.29, 1.82) is 5.26 Å². The SMILES string of the molecule is CC(=O)[NH+]([O-])C[C@@H]1CN(c2ccc(N3CCN(S(=O)(=O)c4ccccc4C#N)CC3)c(F)c2)C(=O)O1. The summed E-state index contributed by atoms with van der Waals surface area (Å²) in [6.45, 7) is 1.59. The Balaban J connectivity index is 1.42. The summed E-state index contributed by atoms with van der Waals surface area (Å²) in [6, 6.07) is 12.1. The third-order valence-electron chi connectivity index (χ3n) is 6.13. The number of halogens is 1. The topological polar surface area (TPSA) is 139 Å². The van der Waals surface area contributed by atoms with Crippen LogP contribution in [-0.4, -0.2) is 70.1 Å². The molecule has 0 aromatic heterocycles. The largest absolute Gasteiger partial charge is 0.627 e. The molecule has 2 amide bonds. The first-order valence-corrected chi connectivity index (χ1v) is 12.6. The zero-order chi connectivity index (χ0) is 26.0. The molecular formula is C23H24FN5O6S. The summed E-state index contributed by atoms with van der Waals surface area (Å²) in [5, 5.41) is 20.2. The molecule has 11 nitrogen and oxygen atoms in total. The first-order chi connectivity index (χ1) is 17.1. The number of carbonyl (C=O) groups is 2. The number of ether oxygens (including phenoxy) is 1. The fourth-order valence-corrected chi connectivity index (χ4v) is 5.77. The number of nitriles is 1. The van der Waals surface area contributed by atoms with Crippen LogP contribution < -0.4 is 14.9 Å². The number of rotatable bonds is 6. The maximum atomic E-state index is 15.0. The lowest BCUT2D eigenvalue weighted by Gasteiger charge is -2.35. The Morgan fingerprint density at radius 2 is 1.92 bits per heavy atom. The summed E-state index contributed by atoms with van der Waals surface area (Å²) in [6.07, 6.45) is -1.53. The number of hydrogen-bond acceptors (Lipinski definition) is 8. The lowest BCUT2D eigenvalue weighted by Crippen LogP contribution is -3.10. The van der Waals surface area contributed by atoms with E-state index >= 15 is 4.39 Å². The van der Waals surface area contributed by atoms with Gasteiger partial charge in [0.15, 0.2) is 6.10 Å². The molecule has 1 N–H and O–H groups in total. The molecule has 2 fully saturated rings. The summed E-state index contributed by atoms with van der Waals surface area (Å²) in [4.78, 5) is 26.2.